The van der Waals surface area contributed by atoms with E-state index in [0.29, 0.717) is 0 Å². The monoisotopic (exact) mass is 274 g/mol. The first-order chi connectivity index (χ1) is 9.39. The van der Waals surface area contributed by atoms with Crippen LogP contribution in [0.1, 0.15) is 26.3 Å². The number of hydrogen-bond acceptors (Lipinski definition) is 4. The predicted molar refractivity (Wildman–Crippen MR) is 75.2 cm³/mol. The van der Waals surface area contributed by atoms with E-state index in [9.17, 15) is 4.79 Å². The number of rotatable bonds is 2. The molecule has 0 unspecified atom stereocenters. The maximum Gasteiger partial charge on any atom is 0.435 e. The Balaban J connectivity index is 2.17. The fraction of sp³-hybridized carbons (Fsp3) is 0.333. The summed E-state index contributed by atoms with van der Waals surface area (Å²) in [5.41, 5.74) is 2.04. The molecule has 2 rings (SSSR count). The Bertz CT molecular complexity index is 594. The SMILES string of the molecule is CC(C)(C)OC(=O)n1cc(-c2ccc(CO)cc2)cn1. The van der Waals surface area contributed by atoms with E-state index in [0.717, 1.165) is 16.7 Å². The quantitative estimate of drug-likeness (QED) is 0.914. The van der Waals surface area contributed by atoms with Gasteiger partial charge in [0.1, 0.15) is 5.60 Å². The Morgan fingerprint density at radius 2 is 1.90 bits per heavy atom. The number of aliphatic hydroxyl groups excluding tert-OH is 1. The van der Waals surface area contributed by atoms with Crippen LogP contribution in [0, 0.1) is 0 Å². The molecule has 1 aromatic heterocycles. The lowest BCUT2D eigenvalue weighted by Crippen LogP contribution is -2.27. The van der Waals surface area contributed by atoms with E-state index in [4.69, 9.17) is 9.84 Å². The average molecular weight is 274 g/mol. The molecule has 5 heteroatoms. The first-order valence-electron chi connectivity index (χ1n) is 6.37. The lowest BCUT2D eigenvalue weighted by atomic mass is 10.1. The smallest absolute Gasteiger partial charge is 0.435 e. The summed E-state index contributed by atoms with van der Waals surface area (Å²) >= 11 is 0. The van der Waals surface area contributed by atoms with Crippen molar-refractivity contribution in [2.75, 3.05) is 0 Å². The summed E-state index contributed by atoms with van der Waals surface area (Å²) in [6.45, 7) is 5.44. The van der Waals surface area contributed by atoms with E-state index in [2.05, 4.69) is 5.10 Å². The van der Waals surface area contributed by atoms with Gasteiger partial charge in [-0.15, -0.1) is 0 Å². The topological polar surface area (TPSA) is 64.3 Å². The highest BCUT2D eigenvalue weighted by Crippen LogP contribution is 2.19. The van der Waals surface area contributed by atoms with Crippen LogP contribution in [0.2, 0.25) is 0 Å². The van der Waals surface area contributed by atoms with Crippen LogP contribution in [0.25, 0.3) is 11.1 Å². The minimum atomic E-state index is -0.550. The standard InChI is InChI=1S/C15H18N2O3/c1-15(2,3)20-14(19)17-9-13(8-16-17)12-6-4-11(10-18)5-7-12/h4-9,18H,10H2,1-3H3. The number of aliphatic hydroxyl groups is 1. The van der Waals surface area contributed by atoms with Crippen molar-refractivity contribution in [2.45, 2.75) is 33.0 Å². The van der Waals surface area contributed by atoms with Gasteiger partial charge in [0.15, 0.2) is 0 Å². The van der Waals surface area contributed by atoms with Gasteiger partial charge in [0.25, 0.3) is 0 Å². The van der Waals surface area contributed by atoms with E-state index in [-0.39, 0.29) is 6.61 Å². The van der Waals surface area contributed by atoms with Crippen molar-refractivity contribution < 1.29 is 14.6 Å². The van der Waals surface area contributed by atoms with Crippen LogP contribution in [0.4, 0.5) is 4.79 Å². The van der Waals surface area contributed by atoms with Crippen molar-refractivity contribution in [3.05, 3.63) is 42.2 Å². The summed E-state index contributed by atoms with van der Waals surface area (Å²) in [4.78, 5) is 11.9. The van der Waals surface area contributed by atoms with Crippen molar-refractivity contribution in [2.24, 2.45) is 0 Å². The molecule has 1 N–H and O–H groups in total. The second-order valence-electron chi connectivity index (χ2n) is 5.51. The Morgan fingerprint density at radius 3 is 2.45 bits per heavy atom. The van der Waals surface area contributed by atoms with E-state index < -0.39 is 11.7 Å². The Hall–Kier alpha value is -2.14. The lowest BCUT2D eigenvalue weighted by molar-refractivity contribution is 0.0514. The van der Waals surface area contributed by atoms with Crippen molar-refractivity contribution in [1.29, 1.82) is 0 Å². The molecule has 0 saturated heterocycles. The van der Waals surface area contributed by atoms with Crippen LogP contribution in [0.15, 0.2) is 36.7 Å². The molecule has 0 radical (unpaired) electrons. The first kappa shape index (κ1) is 14.3. The summed E-state index contributed by atoms with van der Waals surface area (Å²) in [7, 11) is 0. The highest BCUT2D eigenvalue weighted by Gasteiger charge is 2.18. The average Bonchev–Trinajstić information content (AvgIpc) is 2.86. The third-order valence-corrected chi connectivity index (χ3v) is 2.63. The predicted octanol–water partition coefficient (Wildman–Crippen LogP) is 2.83. The summed E-state index contributed by atoms with van der Waals surface area (Å²) in [6, 6.07) is 7.42. The third-order valence-electron chi connectivity index (χ3n) is 2.63. The summed E-state index contributed by atoms with van der Waals surface area (Å²) in [5, 5.41) is 13.0. The third kappa shape index (κ3) is 3.45. The van der Waals surface area contributed by atoms with Crippen LogP contribution >= 0.6 is 0 Å². The normalized spacial score (nSPS) is 11.4. The largest absolute Gasteiger partial charge is 0.442 e. The Kier molecular flexibility index (Phi) is 3.90. The van der Waals surface area contributed by atoms with Gasteiger partial charge in [-0.1, -0.05) is 24.3 Å². The fourth-order valence-electron chi connectivity index (χ4n) is 1.68. The Morgan fingerprint density at radius 1 is 1.25 bits per heavy atom. The maximum atomic E-state index is 11.9. The van der Waals surface area contributed by atoms with Gasteiger partial charge in [-0.05, 0) is 31.9 Å². The number of hydrogen-bond donors (Lipinski definition) is 1. The minimum Gasteiger partial charge on any atom is -0.442 e. The van der Waals surface area contributed by atoms with Gasteiger partial charge >= 0.3 is 6.09 Å². The molecule has 0 spiro atoms. The van der Waals surface area contributed by atoms with Crippen molar-refractivity contribution in [3.63, 3.8) is 0 Å². The molecule has 1 aromatic carbocycles. The minimum absolute atomic E-state index is 0.0114. The highest BCUT2D eigenvalue weighted by molar-refractivity contribution is 5.72. The second-order valence-corrected chi connectivity index (χ2v) is 5.51. The molecule has 0 saturated carbocycles. The lowest BCUT2D eigenvalue weighted by Gasteiger charge is -2.18. The number of benzene rings is 1. The van der Waals surface area contributed by atoms with Crippen LogP contribution in [0.3, 0.4) is 0 Å². The van der Waals surface area contributed by atoms with Gasteiger partial charge in [0.05, 0.1) is 12.8 Å². The van der Waals surface area contributed by atoms with Crippen LogP contribution in [-0.4, -0.2) is 26.6 Å². The molecule has 0 aliphatic rings. The second kappa shape index (κ2) is 5.46. The van der Waals surface area contributed by atoms with E-state index in [1.165, 1.54) is 4.68 Å². The number of carbonyl (C=O) groups is 1. The van der Waals surface area contributed by atoms with Gasteiger partial charge in [-0.25, -0.2) is 4.79 Å². The number of nitrogens with zero attached hydrogens (tertiary/aromatic N) is 2. The molecular weight excluding hydrogens is 256 g/mol. The van der Waals surface area contributed by atoms with Crippen molar-refractivity contribution >= 4 is 6.09 Å². The zero-order valence-electron chi connectivity index (χ0n) is 11.8. The Labute approximate surface area is 117 Å². The van der Waals surface area contributed by atoms with Crippen LogP contribution in [-0.2, 0) is 11.3 Å². The number of carbonyl (C=O) groups excluding carboxylic acids is 1. The highest BCUT2D eigenvalue weighted by atomic mass is 16.6. The van der Waals surface area contributed by atoms with E-state index in [1.54, 1.807) is 12.4 Å². The van der Waals surface area contributed by atoms with Crippen LogP contribution < -0.4 is 0 Å². The zero-order valence-corrected chi connectivity index (χ0v) is 11.8. The van der Waals surface area contributed by atoms with Gasteiger partial charge < -0.3 is 9.84 Å². The first-order valence-corrected chi connectivity index (χ1v) is 6.37. The molecule has 0 amide bonds. The van der Waals surface area contributed by atoms with E-state index in [1.807, 2.05) is 45.0 Å². The van der Waals surface area contributed by atoms with Gasteiger partial charge in [0, 0.05) is 11.8 Å². The van der Waals surface area contributed by atoms with Gasteiger partial charge in [-0.2, -0.15) is 9.78 Å². The fourth-order valence-corrected chi connectivity index (χ4v) is 1.68. The molecule has 0 fully saturated rings. The summed E-state index contributed by atoms with van der Waals surface area (Å²) < 4.78 is 6.42. The molecule has 0 aliphatic heterocycles. The molecule has 0 bridgehead atoms. The molecule has 0 aliphatic carbocycles. The van der Waals surface area contributed by atoms with Gasteiger partial charge in [0.2, 0.25) is 0 Å². The number of ether oxygens (including phenoxy) is 1. The summed E-state index contributed by atoms with van der Waals surface area (Å²) in [5.74, 6) is 0. The van der Waals surface area contributed by atoms with E-state index >= 15 is 0 Å². The molecule has 106 valence electrons. The van der Waals surface area contributed by atoms with Crippen molar-refractivity contribution in [1.82, 2.24) is 9.78 Å². The molecule has 5 nitrogen and oxygen atoms in total. The molecule has 2 aromatic rings. The van der Waals surface area contributed by atoms with Crippen molar-refractivity contribution in [3.8, 4) is 11.1 Å². The maximum absolute atomic E-state index is 11.9. The molecule has 20 heavy (non-hydrogen) atoms. The number of aromatic nitrogens is 2. The van der Waals surface area contributed by atoms with Gasteiger partial charge in [-0.3, -0.25) is 0 Å². The molecule has 1 heterocycles. The zero-order chi connectivity index (χ0) is 14.8. The molecule has 0 atom stereocenters. The molecular formula is C15H18N2O3. The summed E-state index contributed by atoms with van der Waals surface area (Å²) in [6.07, 6.45) is 2.73. The van der Waals surface area contributed by atoms with Crippen LogP contribution in [0.5, 0.6) is 0 Å².